The lowest BCUT2D eigenvalue weighted by molar-refractivity contribution is -0.123. The molecule has 0 heterocycles. The number of benzene rings is 1. The zero-order valence-electron chi connectivity index (χ0n) is 8.46. The van der Waals surface area contributed by atoms with Gasteiger partial charge >= 0.3 is 0 Å². The second-order valence-corrected chi connectivity index (χ2v) is 10.3. The molecule has 1 aromatic carbocycles. The summed E-state index contributed by atoms with van der Waals surface area (Å²) >= 11 is 9.26. The topological polar surface area (TPSA) is 49.3 Å². The largest absolute Gasteiger partial charge is 0.370 e. The van der Waals surface area contributed by atoms with Crippen LogP contribution in [0.5, 0.6) is 0 Å². The zero-order chi connectivity index (χ0) is 13.1. The van der Waals surface area contributed by atoms with Crippen molar-refractivity contribution in [2.75, 3.05) is 0 Å². The molecule has 1 amide bonds. The number of aliphatic hydroxyl groups is 1. The minimum absolute atomic E-state index is 0.0699. The van der Waals surface area contributed by atoms with Crippen LogP contribution in [0, 0.1) is 5.82 Å². The fraction of sp³-hybridized carbons (Fsp3) is 0.300. The number of rotatable bonds is 3. The van der Waals surface area contributed by atoms with Crippen LogP contribution in [0.25, 0.3) is 0 Å². The average molecular weight is 434 g/mol. The standard InChI is InChI=1S/C10H9Br3FNO2/c11-10(12,13)9(17)15-8(16)5-6-1-3-7(14)4-2-6/h1-4,9,17H,5H2,(H,15,16). The van der Waals surface area contributed by atoms with Gasteiger partial charge in [0.1, 0.15) is 5.82 Å². The predicted octanol–water partition coefficient (Wildman–Crippen LogP) is 2.64. The van der Waals surface area contributed by atoms with Gasteiger partial charge < -0.3 is 10.4 Å². The SMILES string of the molecule is O=C(Cc1ccc(F)cc1)NC(O)C(Br)(Br)Br. The Morgan fingerprint density at radius 3 is 2.35 bits per heavy atom. The summed E-state index contributed by atoms with van der Waals surface area (Å²) in [7, 11) is 0. The number of nitrogens with one attached hydrogen (secondary N) is 1. The molecule has 1 rings (SSSR count). The number of aliphatic hydroxyl groups excluding tert-OH is 1. The fourth-order valence-electron chi connectivity index (χ4n) is 1.07. The van der Waals surface area contributed by atoms with Crippen molar-refractivity contribution < 1.29 is 14.3 Å². The van der Waals surface area contributed by atoms with Crippen LogP contribution in [0.3, 0.4) is 0 Å². The number of carbonyl (C=O) groups excluding carboxylic acids is 1. The molecule has 0 aliphatic heterocycles. The quantitative estimate of drug-likeness (QED) is 0.568. The van der Waals surface area contributed by atoms with Crippen molar-refractivity contribution in [3.05, 3.63) is 35.6 Å². The maximum atomic E-state index is 12.6. The van der Waals surface area contributed by atoms with Crippen LogP contribution in [0.2, 0.25) is 0 Å². The molecule has 0 saturated heterocycles. The summed E-state index contributed by atoms with van der Waals surface area (Å²) in [5, 5.41) is 11.9. The Labute approximate surface area is 123 Å². The molecule has 0 fully saturated rings. The number of hydrogen-bond donors (Lipinski definition) is 2. The van der Waals surface area contributed by atoms with Gasteiger partial charge in [0.2, 0.25) is 5.91 Å². The lowest BCUT2D eigenvalue weighted by Crippen LogP contribution is -2.43. The first-order valence-corrected chi connectivity index (χ1v) is 6.95. The fourth-order valence-corrected chi connectivity index (χ4v) is 1.42. The molecule has 0 spiro atoms. The molecule has 2 N–H and O–H groups in total. The lowest BCUT2D eigenvalue weighted by atomic mass is 10.1. The van der Waals surface area contributed by atoms with Gasteiger partial charge in [-0.15, -0.1) is 0 Å². The van der Waals surface area contributed by atoms with Crippen LogP contribution in [0.15, 0.2) is 24.3 Å². The molecule has 0 saturated carbocycles. The molecule has 0 aliphatic carbocycles. The van der Waals surface area contributed by atoms with Crippen molar-refractivity contribution in [2.45, 2.75) is 14.8 Å². The van der Waals surface area contributed by atoms with E-state index in [1.807, 2.05) is 0 Å². The van der Waals surface area contributed by atoms with Crippen molar-refractivity contribution in [2.24, 2.45) is 0 Å². The number of amides is 1. The monoisotopic (exact) mass is 431 g/mol. The summed E-state index contributed by atoms with van der Waals surface area (Å²) < 4.78 is 11.7. The van der Waals surface area contributed by atoms with Gasteiger partial charge in [-0.05, 0) is 17.7 Å². The van der Waals surface area contributed by atoms with Gasteiger partial charge in [0.05, 0.1) is 6.42 Å². The predicted molar refractivity (Wildman–Crippen MR) is 73.8 cm³/mol. The Bertz CT molecular complexity index is 392. The van der Waals surface area contributed by atoms with E-state index in [0.29, 0.717) is 5.56 Å². The van der Waals surface area contributed by atoms with Crippen molar-refractivity contribution in [3.63, 3.8) is 0 Å². The normalized spacial score (nSPS) is 13.2. The van der Waals surface area contributed by atoms with Gasteiger partial charge in [0.15, 0.2) is 8.37 Å². The first kappa shape index (κ1) is 15.1. The molecule has 0 aromatic heterocycles. The van der Waals surface area contributed by atoms with E-state index in [9.17, 15) is 14.3 Å². The second-order valence-electron chi connectivity index (χ2n) is 3.31. The molecular formula is C10H9Br3FNO2. The van der Waals surface area contributed by atoms with Crippen molar-refractivity contribution in [3.8, 4) is 0 Å². The van der Waals surface area contributed by atoms with Gasteiger partial charge in [-0.1, -0.05) is 59.9 Å². The summed E-state index contributed by atoms with van der Waals surface area (Å²) in [5.74, 6) is -0.721. The minimum Gasteiger partial charge on any atom is -0.370 e. The Hall–Kier alpha value is 0.0200. The number of hydrogen-bond acceptors (Lipinski definition) is 2. The maximum absolute atomic E-state index is 12.6. The lowest BCUT2D eigenvalue weighted by Gasteiger charge is -2.21. The van der Waals surface area contributed by atoms with Crippen LogP contribution >= 0.6 is 47.8 Å². The molecule has 1 unspecified atom stereocenters. The molecule has 94 valence electrons. The van der Waals surface area contributed by atoms with E-state index in [0.717, 1.165) is 0 Å². The third kappa shape index (κ3) is 5.46. The Morgan fingerprint density at radius 1 is 1.35 bits per heavy atom. The number of halogens is 4. The van der Waals surface area contributed by atoms with Gasteiger partial charge in [0.25, 0.3) is 0 Å². The highest BCUT2D eigenvalue weighted by Crippen LogP contribution is 2.35. The van der Waals surface area contributed by atoms with E-state index in [1.54, 1.807) is 0 Å². The second kappa shape index (κ2) is 6.26. The molecule has 0 bridgehead atoms. The van der Waals surface area contributed by atoms with E-state index in [-0.39, 0.29) is 18.1 Å². The highest BCUT2D eigenvalue weighted by atomic mass is 80.0. The van der Waals surface area contributed by atoms with Gasteiger partial charge in [0, 0.05) is 0 Å². The highest BCUT2D eigenvalue weighted by Gasteiger charge is 2.30. The summed E-state index contributed by atoms with van der Waals surface area (Å²) in [6.45, 7) is 0. The molecular weight excluding hydrogens is 425 g/mol. The van der Waals surface area contributed by atoms with Gasteiger partial charge in [-0.2, -0.15) is 0 Å². The first-order chi connectivity index (χ1) is 7.79. The minimum atomic E-state index is -1.14. The van der Waals surface area contributed by atoms with Crippen molar-refractivity contribution in [1.82, 2.24) is 5.32 Å². The average Bonchev–Trinajstić information content (AvgIpc) is 2.20. The number of alkyl halides is 3. The van der Waals surface area contributed by atoms with E-state index >= 15 is 0 Å². The van der Waals surface area contributed by atoms with Crippen LogP contribution in [0.1, 0.15) is 5.56 Å². The smallest absolute Gasteiger partial charge is 0.226 e. The van der Waals surface area contributed by atoms with E-state index in [1.165, 1.54) is 24.3 Å². The van der Waals surface area contributed by atoms with Crippen LogP contribution in [-0.2, 0) is 11.2 Å². The van der Waals surface area contributed by atoms with Crippen molar-refractivity contribution in [1.29, 1.82) is 0 Å². The maximum Gasteiger partial charge on any atom is 0.226 e. The summed E-state index contributed by atoms with van der Waals surface area (Å²) in [6, 6.07) is 5.60. The van der Waals surface area contributed by atoms with E-state index in [2.05, 4.69) is 53.1 Å². The number of carbonyl (C=O) groups is 1. The Morgan fingerprint density at radius 2 is 1.88 bits per heavy atom. The molecule has 1 aromatic rings. The third-order valence-electron chi connectivity index (χ3n) is 1.89. The van der Waals surface area contributed by atoms with Crippen LogP contribution < -0.4 is 5.32 Å². The van der Waals surface area contributed by atoms with E-state index in [4.69, 9.17) is 0 Å². The molecule has 7 heteroatoms. The van der Waals surface area contributed by atoms with Crippen molar-refractivity contribution >= 4 is 53.7 Å². The summed E-state index contributed by atoms with van der Waals surface area (Å²) in [4.78, 5) is 11.5. The molecule has 0 aliphatic rings. The summed E-state index contributed by atoms with van der Waals surface area (Å²) in [6.07, 6.45) is -1.07. The van der Waals surface area contributed by atoms with Gasteiger partial charge in [-0.25, -0.2) is 4.39 Å². The molecule has 17 heavy (non-hydrogen) atoms. The third-order valence-corrected chi connectivity index (χ3v) is 3.19. The first-order valence-electron chi connectivity index (χ1n) is 4.57. The van der Waals surface area contributed by atoms with Crippen LogP contribution in [0.4, 0.5) is 4.39 Å². The summed E-state index contributed by atoms with van der Waals surface area (Å²) in [5.41, 5.74) is 0.667. The van der Waals surface area contributed by atoms with Crippen LogP contribution in [-0.4, -0.2) is 19.4 Å². The molecule has 1 atom stereocenters. The zero-order valence-corrected chi connectivity index (χ0v) is 13.2. The molecule has 3 nitrogen and oxygen atoms in total. The molecule has 0 radical (unpaired) electrons. The van der Waals surface area contributed by atoms with Gasteiger partial charge in [-0.3, -0.25) is 4.79 Å². The van der Waals surface area contributed by atoms with E-state index < -0.39 is 8.37 Å². The Balaban J connectivity index is 2.53. The highest BCUT2D eigenvalue weighted by molar-refractivity contribution is 9.39. The Kier molecular flexibility index (Phi) is 5.56.